The number of benzene rings is 2. The molecule has 2 aromatic rings. The van der Waals surface area contributed by atoms with Crippen molar-refractivity contribution in [2.24, 2.45) is 0 Å². The third-order valence-electron chi connectivity index (χ3n) is 3.69. The minimum Gasteiger partial charge on any atom is -0.321 e. The van der Waals surface area contributed by atoms with Crippen molar-refractivity contribution in [3.05, 3.63) is 77.4 Å². The van der Waals surface area contributed by atoms with Gasteiger partial charge in [0.05, 0.1) is 26.0 Å². The number of nitro benzene ring substituents is 3. The molecule has 0 radical (unpaired) electrons. The molecule has 11 heteroatoms. The zero-order chi connectivity index (χ0) is 19.6. The van der Waals surface area contributed by atoms with E-state index in [0.29, 0.717) is 5.56 Å². The topological polar surface area (TPSA) is 159 Å². The molecule has 0 saturated heterocycles. The second kappa shape index (κ2) is 6.93. The molecule has 0 atom stereocenters. The lowest BCUT2D eigenvalue weighted by molar-refractivity contribution is -0.395. The minimum atomic E-state index is -0.861. The molecular weight excluding hydrogens is 348 g/mol. The van der Waals surface area contributed by atoms with Crippen molar-refractivity contribution < 1.29 is 19.6 Å². The number of nitrogens with one attached hydrogen (secondary N) is 1. The molecule has 0 aliphatic rings. The Morgan fingerprint density at radius 1 is 0.885 bits per heavy atom. The van der Waals surface area contributed by atoms with Gasteiger partial charge in [0.1, 0.15) is 5.56 Å². The summed E-state index contributed by atoms with van der Waals surface area (Å²) in [4.78, 5) is 43.1. The number of hydrogen-bond acceptors (Lipinski definition) is 7. The van der Waals surface area contributed by atoms with Crippen molar-refractivity contribution in [1.29, 1.82) is 0 Å². The molecule has 134 valence electrons. The van der Waals surface area contributed by atoms with Crippen molar-refractivity contribution in [3.8, 4) is 0 Å². The van der Waals surface area contributed by atoms with Crippen molar-refractivity contribution >= 4 is 28.7 Å². The number of amides is 1. The zero-order valence-electron chi connectivity index (χ0n) is 13.6. The van der Waals surface area contributed by atoms with E-state index in [0.717, 1.165) is 18.2 Å². The fraction of sp³-hybridized carbons (Fsp3) is 0.133. The number of nitro groups is 3. The van der Waals surface area contributed by atoms with Crippen LogP contribution in [0.5, 0.6) is 0 Å². The Labute approximate surface area is 145 Å². The lowest BCUT2D eigenvalue weighted by Gasteiger charge is -2.09. The minimum absolute atomic E-state index is 0.120. The van der Waals surface area contributed by atoms with E-state index in [1.807, 2.05) is 0 Å². The normalized spacial score (nSPS) is 10.2. The number of nitrogens with zero attached hydrogens (tertiary/aromatic N) is 3. The summed E-state index contributed by atoms with van der Waals surface area (Å²) >= 11 is 0. The molecular formula is C15H12N4O7. The molecule has 1 N–H and O–H groups in total. The van der Waals surface area contributed by atoms with E-state index in [1.54, 1.807) is 6.92 Å². The maximum atomic E-state index is 12.4. The van der Waals surface area contributed by atoms with Crippen LogP contribution in [-0.2, 0) is 0 Å². The van der Waals surface area contributed by atoms with Crippen LogP contribution in [0.3, 0.4) is 0 Å². The molecule has 0 aliphatic carbocycles. The summed E-state index contributed by atoms with van der Waals surface area (Å²) < 4.78 is 0. The van der Waals surface area contributed by atoms with Gasteiger partial charge in [0.2, 0.25) is 0 Å². The number of rotatable bonds is 5. The first-order chi connectivity index (χ1) is 12.1. The van der Waals surface area contributed by atoms with Crippen LogP contribution in [0.1, 0.15) is 21.5 Å². The van der Waals surface area contributed by atoms with Crippen LogP contribution < -0.4 is 5.32 Å². The number of non-ortho nitro benzene ring substituents is 1. The average molecular weight is 360 g/mol. The Balaban J connectivity index is 2.48. The Kier molecular flexibility index (Phi) is 4.91. The number of anilines is 1. The quantitative estimate of drug-likeness (QED) is 0.632. The maximum absolute atomic E-state index is 12.4. The van der Waals surface area contributed by atoms with Crippen LogP contribution >= 0.6 is 0 Å². The molecule has 1 amide bonds. The van der Waals surface area contributed by atoms with Gasteiger partial charge in [0, 0.05) is 24.3 Å². The van der Waals surface area contributed by atoms with Gasteiger partial charge in [0.15, 0.2) is 0 Å². The van der Waals surface area contributed by atoms with E-state index in [9.17, 15) is 35.1 Å². The second-order valence-electron chi connectivity index (χ2n) is 5.36. The molecule has 0 spiro atoms. The van der Waals surface area contributed by atoms with Crippen LogP contribution in [0.4, 0.5) is 22.7 Å². The first-order valence-electron chi connectivity index (χ1n) is 7.11. The number of hydrogen-bond donors (Lipinski definition) is 1. The van der Waals surface area contributed by atoms with Gasteiger partial charge in [-0.2, -0.15) is 0 Å². The molecule has 0 fully saturated rings. The van der Waals surface area contributed by atoms with E-state index in [1.165, 1.54) is 19.1 Å². The highest BCUT2D eigenvalue weighted by atomic mass is 16.6. The summed E-state index contributed by atoms with van der Waals surface area (Å²) in [6, 6.07) is 5.65. The molecule has 2 rings (SSSR count). The van der Waals surface area contributed by atoms with Gasteiger partial charge in [-0.1, -0.05) is 6.07 Å². The number of carbonyl (C=O) groups excluding carboxylic acids is 1. The molecule has 0 heterocycles. The Morgan fingerprint density at radius 2 is 1.42 bits per heavy atom. The van der Waals surface area contributed by atoms with E-state index >= 15 is 0 Å². The summed E-state index contributed by atoms with van der Waals surface area (Å²) in [7, 11) is 0. The number of aryl methyl sites for hydroxylation is 1. The van der Waals surface area contributed by atoms with Gasteiger partial charge in [-0.05, 0) is 19.4 Å². The second-order valence-corrected chi connectivity index (χ2v) is 5.36. The molecule has 2 aromatic carbocycles. The predicted octanol–water partition coefficient (Wildman–Crippen LogP) is 3.28. The van der Waals surface area contributed by atoms with Gasteiger partial charge >= 0.3 is 0 Å². The van der Waals surface area contributed by atoms with Crippen LogP contribution in [0.25, 0.3) is 0 Å². The van der Waals surface area contributed by atoms with Gasteiger partial charge in [-0.15, -0.1) is 0 Å². The van der Waals surface area contributed by atoms with E-state index in [2.05, 4.69) is 5.32 Å². The summed E-state index contributed by atoms with van der Waals surface area (Å²) in [5.41, 5.74) is -1.25. The average Bonchev–Trinajstić information content (AvgIpc) is 2.56. The lowest BCUT2D eigenvalue weighted by atomic mass is 10.1. The van der Waals surface area contributed by atoms with Crippen LogP contribution in [0.2, 0.25) is 0 Å². The third kappa shape index (κ3) is 3.61. The van der Waals surface area contributed by atoms with E-state index < -0.39 is 32.1 Å². The van der Waals surface area contributed by atoms with Crippen molar-refractivity contribution in [2.45, 2.75) is 13.8 Å². The molecule has 0 aromatic heterocycles. The third-order valence-corrected chi connectivity index (χ3v) is 3.69. The molecule has 0 bridgehead atoms. The Morgan fingerprint density at radius 3 is 1.88 bits per heavy atom. The van der Waals surface area contributed by atoms with Crippen molar-refractivity contribution in [3.63, 3.8) is 0 Å². The van der Waals surface area contributed by atoms with Gasteiger partial charge in [-0.25, -0.2) is 0 Å². The summed E-state index contributed by atoms with van der Waals surface area (Å²) in [5, 5.41) is 35.4. The van der Waals surface area contributed by atoms with Gasteiger partial charge < -0.3 is 5.32 Å². The zero-order valence-corrected chi connectivity index (χ0v) is 13.6. The van der Waals surface area contributed by atoms with Crippen LogP contribution in [0, 0.1) is 44.2 Å². The lowest BCUT2D eigenvalue weighted by Crippen LogP contribution is -2.14. The summed E-state index contributed by atoms with van der Waals surface area (Å²) in [6.45, 7) is 2.81. The van der Waals surface area contributed by atoms with Crippen LogP contribution in [0.15, 0.2) is 30.3 Å². The molecule has 26 heavy (non-hydrogen) atoms. The van der Waals surface area contributed by atoms with E-state index in [4.69, 9.17) is 0 Å². The Hall–Kier alpha value is -3.89. The van der Waals surface area contributed by atoms with Crippen molar-refractivity contribution in [2.75, 3.05) is 5.32 Å². The molecule has 0 aliphatic heterocycles. The van der Waals surface area contributed by atoms with Crippen LogP contribution in [-0.4, -0.2) is 20.7 Å². The fourth-order valence-electron chi connectivity index (χ4n) is 2.25. The van der Waals surface area contributed by atoms with Gasteiger partial charge in [-0.3, -0.25) is 35.1 Å². The highest BCUT2D eigenvalue weighted by molar-refractivity contribution is 6.05. The highest BCUT2D eigenvalue weighted by Gasteiger charge is 2.25. The Bertz CT molecular complexity index is 920. The fourth-order valence-corrected chi connectivity index (χ4v) is 2.25. The molecule has 0 unspecified atom stereocenters. The first-order valence-corrected chi connectivity index (χ1v) is 7.11. The SMILES string of the molecule is Cc1ccc([N+](=O)[O-])cc1NC(=O)c1cc([N+](=O)[O-])c(C)c([N+](=O)[O-])c1. The highest BCUT2D eigenvalue weighted by Crippen LogP contribution is 2.30. The van der Waals surface area contributed by atoms with E-state index in [-0.39, 0.29) is 22.5 Å². The van der Waals surface area contributed by atoms with Crippen molar-refractivity contribution in [1.82, 2.24) is 0 Å². The summed E-state index contributed by atoms with van der Waals surface area (Å²) in [6.07, 6.45) is 0. The van der Waals surface area contributed by atoms with Gasteiger partial charge in [0.25, 0.3) is 23.0 Å². The smallest absolute Gasteiger partial charge is 0.279 e. The largest absolute Gasteiger partial charge is 0.321 e. The molecule has 0 saturated carbocycles. The first kappa shape index (κ1) is 18.4. The summed E-state index contributed by atoms with van der Waals surface area (Å²) in [5.74, 6) is -0.861. The maximum Gasteiger partial charge on any atom is 0.279 e. The monoisotopic (exact) mass is 360 g/mol. The molecule has 11 nitrogen and oxygen atoms in total. The standard InChI is InChI=1S/C15H12N4O7/c1-8-3-4-11(17(21)22)7-12(8)16-15(20)10-5-13(18(23)24)9(2)14(6-10)19(25)26/h3-7H,1-2H3,(H,16,20). The predicted molar refractivity (Wildman–Crippen MR) is 90.3 cm³/mol. The number of carbonyl (C=O) groups is 1.